The number of aliphatic carboxylic acids is 1. The van der Waals surface area contributed by atoms with Crippen molar-refractivity contribution in [2.24, 2.45) is 0 Å². The molecule has 0 spiro atoms. The Bertz CT molecular complexity index is 978. The van der Waals surface area contributed by atoms with Crippen LogP contribution in [0.4, 0.5) is 0 Å². The van der Waals surface area contributed by atoms with Crippen LogP contribution in [0.25, 0.3) is 0 Å². The number of likely N-dealkylation sites (N-methyl/N-ethyl adjacent to an activating group) is 1. The van der Waals surface area contributed by atoms with Crippen molar-refractivity contribution in [3.63, 3.8) is 0 Å². The van der Waals surface area contributed by atoms with Gasteiger partial charge in [0.05, 0.1) is 34.4 Å². The van der Waals surface area contributed by atoms with E-state index in [0.29, 0.717) is 19.3 Å². The smallest absolute Gasteiger partial charge is 0.362 e. The summed E-state index contributed by atoms with van der Waals surface area (Å²) in [7, 11) is 5.54. The first-order valence-corrected chi connectivity index (χ1v) is 25.2. The number of carboxylic acid groups (broad SMARTS) is 1. The van der Waals surface area contributed by atoms with E-state index in [1.54, 1.807) is 0 Å². The van der Waals surface area contributed by atoms with Crippen LogP contribution in [0.2, 0.25) is 0 Å². The fourth-order valence-corrected chi connectivity index (χ4v) is 7.74. The first-order valence-electron chi connectivity index (χ1n) is 25.2. The van der Waals surface area contributed by atoms with Gasteiger partial charge in [0.15, 0.2) is 12.1 Å². The number of ether oxygens (including phenoxy) is 3. The number of hydrogen-bond acceptors (Lipinski definition) is 6. The minimum atomic E-state index is -0.872. The summed E-state index contributed by atoms with van der Waals surface area (Å²) in [5.41, 5.74) is 0. The van der Waals surface area contributed by atoms with Gasteiger partial charge in [-0.3, -0.25) is 9.59 Å². The van der Waals surface area contributed by atoms with Gasteiger partial charge in [0, 0.05) is 19.3 Å². The number of carbonyl (C=O) groups is 3. The van der Waals surface area contributed by atoms with Gasteiger partial charge < -0.3 is 23.8 Å². The van der Waals surface area contributed by atoms with E-state index in [2.05, 4.69) is 26.0 Å². The fourth-order valence-electron chi connectivity index (χ4n) is 7.74. The average molecular weight is 837 g/mol. The number of esters is 2. The molecule has 348 valence electrons. The molecule has 0 aromatic carbocycles. The first kappa shape index (κ1) is 57.1. The van der Waals surface area contributed by atoms with Gasteiger partial charge in [-0.2, -0.15) is 0 Å². The molecule has 0 rings (SSSR count). The van der Waals surface area contributed by atoms with Crippen LogP contribution in [0, 0.1) is 0 Å². The fraction of sp³-hybridized carbons (Fsp3) is 0.902. The molecule has 2 atom stereocenters. The molecule has 0 amide bonds. The maximum Gasteiger partial charge on any atom is 0.362 e. The molecule has 8 nitrogen and oxygen atoms in total. The van der Waals surface area contributed by atoms with Crippen molar-refractivity contribution in [1.82, 2.24) is 0 Å². The molecule has 8 heteroatoms. The van der Waals surface area contributed by atoms with Crippen LogP contribution < -0.4 is 0 Å². The van der Waals surface area contributed by atoms with Crippen LogP contribution in [-0.2, 0) is 28.6 Å². The van der Waals surface area contributed by atoms with E-state index in [0.717, 1.165) is 38.5 Å². The van der Waals surface area contributed by atoms with Gasteiger partial charge in [0.1, 0.15) is 6.61 Å². The lowest BCUT2D eigenvalue weighted by molar-refractivity contribution is -0.887. The van der Waals surface area contributed by atoms with Crippen molar-refractivity contribution < 1.29 is 38.2 Å². The van der Waals surface area contributed by atoms with E-state index in [1.165, 1.54) is 173 Å². The van der Waals surface area contributed by atoms with E-state index in [1.807, 2.05) is 21.1 Å². The molecule has 0 saturated carbocycles. The van der Waals surface area contributed by atoms with Crippen LogP contribution in [0.15, 0.2) is 12.2 Å². The van der Waals surface area contributed by atoms with E-state index in [4.69, 9.17) is 14.2 Å². The molecule has 0 fully saturated rings. The van der Waals surface area contributed by atoms with Gasteiger partial charge in [0.25, 0.3) is 0 Å². The number of nitrogens with zero attached hydrogens (tertiary/aromatic N) is 1. The Hall–Kier alpha value is -1.93. The zero-order valence-electron chi connectivity index (χ0n) is 39.7. The lowest BCUT2D eigenvalue weighted by Gasteiger charge is -2.31. The third-order valence-electron chi connectivity index (χ3n) is 11.7. The third-order valence-corrected chi connectivity index (χ3v) is 11.7. The summed E-state index contributed by atoms with van der Waals surface area (Å²) in [6.07, 6.45) is 46.9. The van der Waals surface area contributed by atoms with E-state index in [-0.39, 0.29) is 36.2 Å². The highest BCUT2D eigenvalue weighted by Crippen LogP contribution is 2.16. The maximum absolute atomic E-state index is 12.8. The van der Waals surface area contributed by atoms with Crippen molar-refractivity contribution in [1.29, 1.82) is 0 Å². The lowest BCUT2D eigenvalue weighted by Crippen LogP contribution is -2.50. The minimum Gasteiger partial charge on any atom is -0.477 e. The Labute approximate surface area is 365 Å². The van der Waals surface area contributed by atoms with E-state index >= 15 is 0 Å². The van der Waals surface area contributed by atoms with E-state index in [9.17, 15) is 19.5 Å². The van der Waals surface area contributed by atoms with Crippen LogP contribution in [0.5, 0.6) is 0 Å². The van der Waals surface area contributed by atoms with E-state index < -0.39 is 18.1 Å². The summed E-state index contributed by atoms with van der Waals surface area (Å²) in [4.78, 5) is 37.1. The van der Waals surface area contributed by atoms with Crippen LogP contribution in [0.3, 0.4) is 0 Å². The Kier molecular flexibility index (Phi) is 41.3. The third kappa shape index (κ3) is 41.2. The zero-order valence-corrected chi connectivity index (χ0v) is 39.7. The molecule has 2 unspecified atom stereocenters. The van der Waals surface area contributed by atoms with Crippen LogP contribution >= 0.6 is 0 Å². The predicted molar refractivity (Wildman–Crippen MR) is 248 cm³/mol. The molecule has 0 saturated heterocycles. The molecular formula is C51H98NO7+. The normalized spacial score (nSPS) is 12.9. The maximum atomic E-state index is 12.8. The summed E-state index contributed by atoms with van der Waals surface area (Å²) >= 11 is 0. The minimum absolute atomic E-state index is 0.0464. The standard InChI is InChI=1S/C51H97NO7/c1-6-8-10-12-14-16-18-20-21-22-23-24-25-26-27-28-30-32-34-36-38-40-42-50(54)59-47(45-57-44-43-48(51(55)56)52(3,4)5)46-58-49(53)41-39-37-35-33-31-29-19-17-15-13-11-9-7-2/h25-26,47-48H,6-24,27-46H2,1-5H3/p+1/b26-25+. The molecule has 0 radical (unpaired) electrons. The molecule has 1 N–H and O–H groups in total. The second-order valence-electron chi connectivity index (χ2n) is 18.4. The van der Waals surface area contributed by atoms with Gasteiger partial charge >= 0.3 is 17.9 Å². The number of allylic oxidation sites excluding steroid dienone is 2. The quantitative estimate of drug-likeness (QED) is 0.0282. The average Bonchev–Trinajstić information content (AvgIpc) is 3.19. The zero-order chi connectivity index (χ0) is 43.5. The van der Waals surface area contributed by atoms with Gasteiger partial charge in [-0.25, -0.2) is 4.79 Å². The van der Waals surface area contributed by atoms with Crippen molar-refractivity contribution in [2.45, 2.75) is 257 Å². The van der Waals surface area contributed by atoms with Gasteiger partial charge in [0.2, 0.25) is 0 Å². The van der Waals surface area contributed by atoms with Gasteiger partial charge in [-0.1, -0.05) is 199 Å². The highest BCUT2D eigenvalue weighted by molar-refractivity contribution is 5.72. The highest BCUT2D eigenvalue weighted by atomic mass is 16.6. The van der Waals surface area contributed by atoms with Gasteiger partial charge in [-0.15, -0.1) is 0 Å². The molecule has 0 aromatic heterocycles. The molecule has 0 bridgehead atoms. The van der Waals surface area contributed by atoms with Gasteiger partial charge in [-0.05, 0) is 38.5 Å². The Balaban J connectivity index is 4.20. The SMILES string of the molecule is CCCCCCCCCCCCC/C=C/CCCCCCCCCC(=O)OC(COCCC(C(=O)O)[N+](C)(C)C)COC(=O)CCCCCCCCCCCCCCC. The van der Waals surface area contributed by atoms with Crippen molar-refractivity contribution >= 4 is 17.9 Å². The lowest BCUT2D eigenvalue weighted by atomic mass is 10.0. The monoisotopic (exact) mass is 837 g/mol. The molecular weight excluding hydrogens is 739 g/mol. The summed E-state index contributed by atoms with van der Waals surface area (Å²) in [6, 6.07) is -0.611. The van der Waals surface area contributed by atoms with Crippen LogP contribution in [-0.4, -0.2) is 80.6 Å². The molecule has 0 aliphatic rings. The van der Waals surface area contributed by atoms with Crippen LogP contribution in [0.1, 0.15) is 245 Å². The number of quaternary nitrogens is 1. The van der Waals surface area contributed by atoms with Crippen molar-refractivity contribution in [3.8, 4) is 0 Å². The second kappa shape index (κ2) is 42.7. The van der Waals surface area contributed by atoms with Crippen molar-refractivity contribution in [3.05, 3.63) is 12.2 Å². The Morgan fingerprint density at radius 3 is 1.22 bits per heavy atom. The number of carbonyl (C=O) groups excluding carboxylic acids is 2. The molecule has 59 heavy (non-hydrogen) atoms. The first-order chi connectivity index (χ1) is 28.6. The second-order valence-corrected chi connectivity index (χ2v) is 18.4. The summed E-state index contributed by atoms with van der Waals surface area (Å²) in [5.74, 6) is -1.45. The molecule has 0 heterocycles. The number of unbranched alkanes of at least 4 members (excludes halogenated alkanes) is 30. The summed E-state index contributed by atoms with van der Waals surface area (Å²) in [5, 5.41) is 9.64. The topological polar surface area (TPSA) is 99.1 Å². The predicted octanol–water partition coefficient (Wildman–Crippen LogP) is 14.3. The Morgan fingerprint density at radius 1 is 0.492 bits per heavy atom. The summed E-state index contributed by atoms with van der Waals surface area (Å²) in [6.45, 7) is 4.77. The number of rotatable bonds is 46. The molecule has 0 aliphatic carbocycles. The number of carboxylic acids is 1. The molecule has 0 aliphatic heterocycles. The van der Waals surface area contributed by atoms with Crippen molar-refractivity contribution in [2.75, 3.05) is 41.0 Å². The Morgan fingerprint density at radius 2 is 0.847 bits per heavy atom. The largest absolute Gasteiger partial charge is 0.477 e. The highest BCUT2D eigenvalue weighted by Gasteiger charge is 2.31. The molecule has 0 aromatic rings. The summed E-state index contributed by atoms with van der Waals surface area (Å²) < 4.78 is 17.3. The number of hydrogen-bond donors (Lipinski definition) is 1.